The van der Waals surface area contributed by atoms with Crippen molar-refractivity contribution in [3.05, 3.63) is 34.9 Å². The first kappa shape index (κ1) is 22.8. The second-order valence-corrected chi connectivity index (χ2v) is 10.3. The predicted octanol–water partition coefficient (Wildman–Crippen LogP) is 2.62. The molecule has 0 amide bonds. The van der Waals surface area contributed by atoms with E-state index in [2.05, 4.69) is 33.6 Å². The van der Waals surface area contributed by atoms with E-state index in [-0.39, 0.29) is 12.6 Å². The number of rotatable bonds is 8. The van der Waals surface area contributed by atoms with Crippen molar-refractivity contribution in [1.82, 2.24) is 25.0 Å². The van der Waals surface area contributed by atoms with Gasteiger partial charge in [-0.1, -0.05) is 47.6 Å². The molecule has 0 aliphatic heterocycles. The zero-order valence-electron chi connectivity index (χ0n) is 18.2. The maximum atomic E-state index is 10.6. The van der Waals surface area contributed by atoms with E-state index in [1.54, 1.807) is 16.4 Å². The van der Waals surface area contributed by atoms with E-state index in [0.29, 0.717) is 34.5 Å². The summed E-state index contributed by atoms with van der Waals surface area (Å²) in [5.74, 6) is 1.42. The Balaban J connectivity index is 1.46. The van der Waals surface area contributed by atoms with Crippen LogP contribution in [0.15, 0.2) is 29.4 Å². The predicted molar refractivity (Wildman–Crippen MR) is 127 cm³/mol. The molecule has 6 unspecified atom stereocenters. The van der Waals surface area contributed by atoms with Crippen molar-refractivity contribution in [2.75, 3.05) is 17.7 Å². The largest absolute Gasteiger partial charge is 0.396 e. The first-order valence-electron chi connectivity index (χ1n) is 11.2. The van der Waals surface area contributed by atoms with Crippen LogP contribution in [-0.4, -0.2) is 70.9 Å². The van der Waals surface area contributed by atoms with Gasteiger partial charge in [-0.3, -0.25) is 0 Å². The van der Waals surface area contributed by atoms with Gasteiger partial charge in [-0.2, -0.15) is 0 Å². The molecule has 2 aromatic heterocycles. The van der Waals surface area contributed by atoms with Crippen LogP contribution in [0.4, 0.5) is 5.82 Å². The lowest BCUT2D eigenvalue weighted by Crippen LogP contribution is -2.30. The molecular weight excluding hydrogens is 464 g/mol. The van der Waals surface area contributed by atoms with E-state index in [4.69, 9.17) is 16.6 Å². The second-order valence-electron chi connectivity index (χ2n) is 8.78. The summed E-state index contributed by atoms with van der Waals surface area (Å²) < 4.78 is 1.57. The summed E-state index contributed by atoms with van der Waals surface area (Å²) in [5.41, 5.74) is 2.23. The van der Waals surface area contributed by atoms with E-state index < -0.39 is 24.2 Å². The third kappa shape index (κ3) is 4.42. The van der Waals surface area contributed by atoms with Crippen molar-refractivity contribution >= 4 is 40.3 Å². The molecule has 0 bridgehead atoms. The molecule has 0 spiro atoms. The molecule has 6 atom stereocenters. The molecule has 176 valence electrons. The topological polar surface area (TPSA) is 129 Å². The molecule has 0 saturated heterocycles. The summed E-state index contributed by atoms with van der Waals surface area (Å²) in [7, 11) is 0. The number of benzene rings is 1. The summed E-state index contributed by atoms with van der Waals surface area (Å²) in [6.45, 7) is 1.90. The van der Waals surface area contributed by atoms with E-state index in [1.807, 2.05) is 18.2 Å². The molecule has 5 rings (SSSR count). The Morgan fingerprint density at radius 1 is 1.21 bits per heavy atom. The monoisotopic (exact) mass is 490 g/mol. The molecule has 2 saturated carbocycles. The standard InChI is InChI=1S/C22H27ClN6O3S/c1-2-6-33-22-25-20(24-15-9-14(15)11-4-3-5-13(23)7-11)17-21(26-22)29(28-27-17)16-8-12(10-30)18(31)19(16)32/h3-5,7,12,14-16,18-19,30-32H,2,6,8-10H2,1H3,(H,24,25,26). The molecular formula is C22H27ClN6O3S. The zero-order chi connectivity index (χ0) is 23.1. The molecule has 1 aromatic carbocycles. The van der Waals surface area contributed by atoms with Crippen molar-refractivity contribution in [3.8, 4) is 0 Å². The van der Waals surface area contributed by atoms with Gasteiger partial charge in [-0.15, -0.1) is 5.10 Å². The second kappa shape index (κ2) is 9.34. The number of aliphatic hydroxyl groups is 3. The third-order valence-corrected chi connectivity index (χ3v) is 7.74. The average Bonchev–Trinajstić information content (AvgIpc) is 3.36. The number of halogens is 1. The number of aromatic nitrogens is 5. The minimum Gasteiger partial charge on any atom is -0.396 e. The fraction of sp³-hybridized carbons (Fsp3) is 0.545. The van der Waals surface area contributed by atoms with Gasteiger partial charge in [0, 0.05) is 35.3 Å². The number of nitrogens with zero attached hydrogens (tertiary/aromatic N) is 5. The van der Waals surface area contributed by atoms with Gasteiger partial charge in [0.05, 0.1) is 12.1 Å². The Kier molecular flexibility index (Phi) is 6.45. The highest BCUT2D eigenvalue weighted by Crippen LogP contribution is 2.44. The van der Waals surface area contributed by atoms with E-state index in [0.717, 1.165) is 23.6 Å². The van der Waals surface area contributed by atoms with E-state index >= 15 is 0 Å². The fourth-order valence-electron chi connectivity index (χ4n) is 4.55. The fourth-order valence-corrected chi connectivity index (χ4v) is 5.44. The number of hydrogen-bond donors (Lipinski definition) is 4. The van der Waals surface area contributed by atoms with Gasteiger partial charge < -0.3 is 20.6 Å². The lowest BCUT2D eigenvalue weighted by Gasteiger charge is -2.17. The van der Waals surface area contributed by atoms with Gasteiger partial charge in [0.1, 0.15) is 6.10 Å². The normalized spacial score (nSPS) is 29.0. The van der Waals surface area contributed by atoms with Crippen LogP contribution in [-0.2, 0) is 0 Å². The summed E-state index contributed by atoms with van der Waals surface area (Å²) in [6, 6.07) is 7.59. The van der Waals surface area contributed by atoms with Gasteiger partial charge >= 0.3 is 0 Å². The number of fused-ring (bicyclic) bond motifs is 1. The van der Waals surface area contributed by atoms with Crippen LogP contribution in [0.3, 0.4) is 0 Å². The molecule has 9 nitrogen and oxygen atoms in total. The van der Waals surface area contributed by atoms with Gasteiger partial charge in [0.15, 0.2) is 22.1 Å². The molecule has 2 fully saturated rings. The Labute approximate surface area is 200 Å². The summed E-state index contributed by atoms with van der Waals surface area (Å²) >= 11 is 7.72. The maximum absolute atomic E-state index is 10.6. The molecule has 0 radical (unpaired) electrons. The van der Waals surface area contributed by atoms with Crippen molar-refractivity contribution in [2.24, 2.45) is 5.92 Å². The quantitative estimate of drug-likeness (QED) is 0.278. The van der Waals surface area contributed by atoms with Crippen LogP contribution in [0.2, 0.25) is 5.02 Å². The Hall–Kier alpha value is -1.98. The molecule has 2 heterocycles. The summed E-state index contributed by atoms with van der Waals surface area (Å²) in [6.07, 6.45) is 0.264. The molecule has 33 heavy (non-hydrogen) atoms. The molecule has 4 N–H and O–H groups in total. The Bertz CT molecular complexity index is 1150. The first-order chi connectivity index (χ1) is 16.0. The minimum atomic E-state index is -1.05. The van der Waals surface area contributed by atoms with Gasteiger partial charge in [-0.25, -0.2) is 14.6 Å². The number of nitrogens with one attached hydrogen (secondary N) is 1. The molecule has 2 aliphatic carbocycles. The Morgan fingerprint density at radius 2 is 2.06 bits per heavy atom. The van der Waals surface area contributed by atoms with Crippen molar-refractivity contribution < 1.29 is 15.3 Å². The first-order valence-corrected chi connectivity index (χ1v) is 12.6. The molecule has 11 heteroatoms. The highest BCUT2D eigenvalue weighted by Gasteiger charge is 2.44. The van der Waals surface area contributed by atoms with Gasteiger partial charge in [0.2, 0.25) is 0 Å². The van der Waals surface area contributed by atoms with Gasteiger partial charge in [-0.05, 0) is 37.0 Å². The summed E-state index contributed by atoms with van der Waals surface area (Å²) in [5, 5.41) is 43.9. The van der Waals surface area contributed by atoms with Crippen LogP contribution < -0.4 is 5.32 Å². The van der Waals surface area contributed by atoms with Gasteiger partial charge in [0.25, 0.3) is 0 Å². The lowest BCUT2D eigenvalue weighted by molar-refractivity contribution is -0.00512. The lowest BCUT2D eigenvalue weighted by atomic mass is 10.1. The smallest absolute Gasteiger partial charge is 0.191 e. The Morgan fingerprint density at radius 3 is 2.79 bits per heavy atom. The van der Waals surface area contributed by atoms with Crippen LogP contribution in [0.5, 0.6) is 0 Å². The van der Waals surface area contributed by atoms with Crippen molar-refractivity contribution in [1.29, 1.82) is 0 Å². The summed E-state index contributed by atoms with van der Waals surface area (Å²) in [4.78, 5) is 9.40. The van der Waals surface area contributed by atoms with E-state index in [9.17, 15) is 15.3 Å². The van der Waals surface area contributed by atoms with Crippen LogP contribution >= 0.6 is 23.4 Å². The van der Waals surface area contributed by atoms with Crippen LogP contribution in [0.1, 0.15) is 43.7 Å². The highest BCUT2D eigenvalue weighted by atomic mass is 35.5. The number of anilines is 1. The SMILES string of the molecule is CCCSc1nc(NC2CC2c2cccc(Cl)c2)c2nnn(C3CC(CO)C(O)C3O)c2n1. The van der Waals surface area contributed by atoms with Crippen LogP contribution in [0.25, 0.3) is 11.2 Å². The number of hydrogen-bond acceptors (Lipinski definition) is 9. The highest BCUT2D eigenvalue weighted by molar-refractivity contribution is 7.99. The third-order valence-electron chi connectivity index (χ3n) is 6.45. The molecule has 2 aliphatic rings. The maximum Gasteiger partial charge on any atom is 0.191 e. The minimum absolute atomic E-state index is 0.201. The average molecular weight is 491 g/mol. The molecule has 3 aromatic rings. The van der Waals surface area contributed by atoms with E-state index in [1.165, 1.54) is 5.56 Å². The van der Waals surface area contributed by atoms with Crippen molar-refractivity contribution in [2.45, 2.75) is 61.6 Å². The van der Waals surface area contributed by atoms with Crippen LogP contribution in [0, 0.1) is 5.92 Å². The zero-order valence-corrected chi connectivity index (χ0v) is 19.7. The number of aliphatic hydroxyl groups excluding tert-OH is 3. The van der Waals surface area contributed by atoms with Crippen molar-refractivity contribution in [3.63, 3.8) is 0 Å². The number of thioether (sulfide) groups is 1.